The maximum Gasteiger partial charge on any atom is 0.410 e. The highest BCUT2D eigenvalue weighted by atomic mass is 19.3. The fraction of sp³-hybridized carbons (Fsp3) is 0.412. The number of aromatic nitrogens is 3. The number of fused-ring (bicyclic) bond motifs is 1. The molecule has 0 unspecified atom stereocenters. The number of carbonyl (C=O) groups excluding carboxylic acids is 2. The Morgan fingerprint density at radius 2 is 1.87 bits per heavy atom. The van der Waals surface area contributed by atoms with E-state index in [2.05, 4.69) is 10.4 Å². The third-order valence-electron chi connectivity index (χ3n) is 8.34. The Bertz CT molecular complexity index is 1780. The summed E-state index contributed by atoms with van der Waals surface area (Å²) < 4.78 is 38.7. The predicted molar refractivity (Wildman–Crippen MR) is 165 cm³/mol. The van der Waals surface area contributed by atoms with Gasteiger partial charge in [-0.1, -0.05) is 12.1 Å². The molecule has 11 heteroatoms. The molecule has 4 aromatic rings. The van der Waals surface area contributed by atoms with Crippen molar-refractivity contribution in [3.8, 4) is 17.0 Å². The van der Waals surface area contributed by atoms with Crippen molar-refractivity contribution in [3.05, 3.63) is 77.1 Å². The summed E-state index contributed by atoms with van der Waals surface area (Å²) in [5, 5.41) is 8.22. The second-order valence-electron chi connectivity index (χ2n) is 12.9. The van der Waals surface area contributed by atoms with Crippen LogP contribution in [0, 0.1) is 13.8 Å². The molecule has 0 bridgehead atoms. The van der Waals surface area contributed by atoms with Gasteiger partial charge in [-0.05, 0) is 101 Å². The van der Waals surface area contributed by atoms with E-state index in [9.17, 15) is 18.4 Å². The van der Waals surface area contributed by atoms with Crippen LogP contribution in [-0.2, 0) is 10.3 Å². The first-order valence-electron chi connectivity index (χ1n) is 15.1. The van der Waals surface area contributed by atoms with Crippen LogP contribution in [0.25, 0.3) is 22.2 Å². The van der Waals surface area contributed by atoms with Crippen LogP contribution in [0.15, 0.2) is 54.7 Å². The van der Waals surface area contributed by atoms with E-state index in [1.807, 2.05) is 71.0 Å². The van der Waals surface area contributed by atoms with E-state index >= 15 is 0 Å². The van der Waals surface area contributed by atoms with Crippen LogP contribution >= 0.6 is 0 Å². The molecule has 236 valence electrons. The second-order valence-corrected chi connectivity index (χ2v) is 12.9. The highest BCUT2D eigenvalue weighted by Gasteiger charge is 2.47. The quantitative estimate of drug-likeness (QED) is 0.231. The van der Waals surface area contributed by atoms with Crippen LogP contribution in [0.4, 0.5) is 13.6 Å². The second kappa shape index (κ2) is 11.4. The van der Waals surface area contributed by atoms with Crippen molar-refractivity contribution in [2.24, 2.45) is 0 Å². The number of nitrogens with zero attached hydrogens (tertiary/aromatic N) is 4. The summed E-state index contributed by atoms with van der Waals surface area (Å²) >= 11 is 0. The first kappa shape index (κ1) is 30.5. The molecular weight excluding hydrogens is 580 g/mol. The molecule has 2 fully saturated rings. The van der Waals surface area contributed by atoms with Crippen LogP contribution < -0.4 is 10.1 Å². The summed E-state index contributed by atoms with van der Waals surface area (Å²) in [6, 6.07) is 14.5. The van der Waals surface area contributed by atoms with Gasteiger partial charge in [0.15, 0.2) is 0 Å². The van der Waals surface area contributed by atoms with E-state index in [4.69, 9.17) is 14.5 Å². The molecule has 1 atom stereocenters. The minimum Gasteiger partial charge on any atom is -0.491 e. The van der Waals surface area contributed by atoms with E-state index in [0.717, 1.165) is 28.6 Å². The van der Waals surface area contributed by atoms with Gasteiger partial charge in [0.05, 0.1) is 22.8 Å². The third-order valence-corrected chi connectivity index (χ3v) is 8.34. The van der Waals surface area contributed by atoms with Crippen molar-refractivity contribution in [2.45, 2.75) is 77.6 Å². The molecule has 1 saturated heterocycles. The van der Waals surface area contributed by atoms with Crippen molar-refractivity contribution < 1.29 is 27.8 Å². The number of halogens is 2. The lowest BCUT2D eigenvalue weighted by atomic mass is 9.94. The van der Waals surface area contributed by atoms with Crippen LogP contribution in [0.5, 0.6) is 5.75 Å². The zero-order valence-corrected chi connectivity index (χ0v) is 26.1. The molecule has 2 amide bonds. The monoisotopic (exact) mass is 617 g/mol. The summed E-state index contributed by atoms with van der Waals surface area (Å²) in [5.74, 6) is 0.295. The Morgan fingerprint density at radius 3 is 2.51 bits per heavy atom. The lowest BCUT2D eigenvalue weighted by molar-refractivity contribution is -0.0141. The lowest BCUT2D eigenvalue weighted by Crippen LogP contribution is -2.55. The average Bonchev–Trinajstić information content (AvgIpc) is 3.54. The number of hydrogen-bond donors (Lipinski definition) is 1. The molecule has 0 spiro atoms. The summed E-state index contributed by atoms with van der Waals surface area (Å²) in [5.41, 5.74) is 3.52. The number of ether oxygens (including phenoxy) is 2. The number of benzene rings is 2. The summed E-state index contributed by atoms with van der Waals surface area (Å²) in [7, 11) is 0. The molecule has 3 heterocycles. The van der Waals surface area contributed by atoms with E-state index in [0.29, 0.717) is 58.8 Å². The van der Waals surface area contributed by atoms with Crippen LogP contribution in [0.1, 0.15) is 73.8 Å². The lowest BCUT2D eigenvalue weighted by Gasteiger charge is -2.41. The number of carbonyl (C=O) groups is 2. The SMILES string of the molecule is Cc1ccc2c(C3(NC(=O)c4cc(OC[C@@H]5CCN5C(=O)OC(C)(C)C)ccc4C)CC3)cc(-c3ccn(C(F)F)n3)cc2n1. The molecule has 1 aliphatic heterocycles. The molecular formula is C34H37F2N5O4. The Kier molecular flexibility index (Phi) is 7.74. The molecule has 1 N–H and O–H groups in total. The number of nitrogens with one attached hydrogen (secondary N) is 1. The average molecular weight is 618 g/mol. The minimum absolute atomic E-state index is 0.0990. The van der Waals surface area contributed by atoms with Crippen LogP contribution in [-0.4, -0.2) is 56.5 Å². The standard InChI is InChI=1S/C34H37F2N5O4/c1-20-6-8-24(44-19-23-10-14-40(23)32(43)45-33(3,4)5)18-26(20)30(42)38-34(12-13-34)27-16-22(28-11-15-41(39-28)31(35)36)17-29-25(27)9-7-21(2)37-29/h6-9,11,15-18,23,31H,10,12-14,19H2,1-5H3,(H,38,42)/t23-/m0/s1. The van der Waals surface area contributed by atoms with Gasteiger partial charge in [-0.25, -0.2) is 9.48 Å². The van der Waals surface area contributed by atoms with Crippen molar-refractivity contribution in [2.75, 3.05) is 13.2 Å². The Labute approximate surface area is 260 Å². The molecule has 9 nitrogen and oxygen atoms in total. The number of hydrogen-bond acceptors (Lipinski definition) is 6. The Balaban J connectivity index is 1.22. The summed E-state index contributed by atoms with van der Waals surface area (Å²) in [6.45, 7) is 7.44. The first-order valence-corrected chi connectivity index (χ1v) is 15.1. The first-order chi connectivity index (χ1) is 21.3. The van der Waals surface area contributed by atoms with Crippen molar-refractivity contribution in [3.63, 3.8) is 0 Å². The van der Waals surface area contributed by atoms with Crippen LogP contribution in [0.3, 0.4) is 0 Å². The number of likely N-dealkylation sites (tertiary alicyclic amines) is 1. The predicted octanol–water partition coefficient (Wildman–Crippen LogP) is 6.92. The molecule has 6 rings (SSSR count). The third kappa shape index (κ3) is 6.34. The molecule has 1 aliphatic carbocycles. The smallest absolute Gasteiger partial charge is 0.410 e. The van der Waals surface area contributed by atoms with E-state index in [1.165, 1.54) is 6.20 Å². The highest BCUT2D eigenvalue weighted by Crippen LogP contribution is 2.49. The number of rotatable bonds is 8. The molecule has 45 heavy (non-hydrogen) atoms. The van der Waals surface area contributed by atoms with Gasteiger partial charge in [-0.15, -0.1) is 0 Å². The van der Waals surface area contributed by atoms with Gasteiger partial charge in [0.25, 0.3) is 5.91 Å². The van der Waals surface area contributed by atoms with Gasteiger partial charge >= 0.3 is 12.6 Å². The number of aryl methyl sites for hydroxylation is 2. The minimum atomic E-state index is -2.74. The molecule has 2 aromatic heterocycles. The number of amides is 2. The summed E-state index contributed by atoms with van der Waals surface area (Å²) in [6.07, 6.45) is 3.14. The van der Waals surface area contributed by atoms with E-state index in [1.54, 1.807) is 17.0 Å². The zero-order valence-electron chi connectivity index (χ0n) is 26.1. The largest absolute Gasteiger partial charge is 0.491 e. The normalized spacial score (nSPS) is 17.2. The number of pyridine rings is 1. The fourth-order valence-electron chi connectivity index (χ4n) is 5.66. The van der Waals surface area contributed by atoms with Gasteiger partial charge in [-0.2, -0.15) is 13.9 Å². The molecule has 2 aliphatic rings. The fourth-order valence-corrected chi connectivity index (χ4v) is 5.66. The van der Waals surface area contributed by atoms with Crippen molar-refractivity contribution in [1.29, 1.82) is 0 Å². The Hall–Kier alpha value is -4.54. The van der Waals surface area contributed by atoms with Gasteiger partial charge in [0.1, 0.15) is 18.0 Å². The number of alkyl halides is 2. The van der Waals surface area contributed by atoms with Gasteiger partial charge in [0.2, 0.25) is 0 Å². The van der Waals surface area contributed by atoms with Gasteiger partial charge in [0, 0.05) is 34.9 Å². The van der Waals surface area contributed by atoms with Gasteiger partial charge < -0.3 is 19.7 Å². The molecule has 1 saturated carbocycles. The van der Waals surface area contributed by atoms with Gasteiger partial charge in [-0.3, -0.25) is 9.78 Å². The maximum atomic E-state index is 13.8. The van der Waals surface area contributed by atoms with Crippen LogP contribution in [0.2, 0.25) is 0 Å². The van der Waals surface area contributed by atoms with Crippen molar-refractivity contribution >= 4 is 22.9 Å². The Morgan fingerprint density at radius 1 is 1.09 bits per heavy atom. The maximum absolute atomic E-state index is 13.8. The molecule has 2 aromatic carbocycles. The topological polar surface area (TPSA) is 98.6 Å². The van der Waals surface area contributed by atoms with Crippen molar-refractivity contribution in [1.82, 2.24) is 25.0 Å². The summed E-state index contributed by atoms with van der Waals surface area (Å²) in [4.78, 5) is 32.7. The molecule has 0 radical (unpaired) electrons. The van der Waals surface area contributed by atoms with E-state index in [-0.39, 0.29) is 18.0 Å². The highest BCUT2D eigenvalue weighted by molar-refractivity contribution is 5.98. The van der Waals surface area contributed by atoms with E-state index < -0.39 is 17.7 Å². The zero-order chi connectivity index (χ0) is 32.1.